The predicted octanol–water partition coefficient (Wildman–Crippen LogP) is 4.28. The molecule has 0 saturated carbocycles. The molecule has 3 nitrogen and oxygen atoms in total. The van der Waals surface area contributed by atoms with Gasteiger partial charge in [0.2, 0.25) is 0 Å². The first-order valence-corrected chi connectivity index (χ1v) is 7.85. The highest BCUT2D eigenvalue weighted by atomic mass is 35.5. The zero-order valence-electron chi connectivity index (χ0n) is 12.9. The summed E-state index contributed by atoms with van der Waals surface area (Å²) >= 11 is 6.38. The van der Waals surface area contributed by atoms with Gasteiger partial charge in [-0.05, 0) is 31.2 Å². The van der Waals surface area contributed by atoms with E-state index in [-0.39, 0.29) is 6.04 Å². The number of aryl methyl sites for hydroxylation is 1. The zero-order valence-corrected chi connectivity index (χ0v) is 13.7. The highest BCUT2D eigenvalue weighted by Crippen LogP contribution is 2.32. The molecule has 0 bridgehead atoms. The Morgan fingerprint density at radius 3 is 2.47 bits per heavy atom. The molecule has 1 aromatic heterocycles. The number of aromatic nitrogens is 2. The lowest BCUT2D eigenvalue weighted by Gasteiger charge is -2.29. The van der Waals surface area contributed by atoms with Gasteiger partial charge in [-0.15, -0.1) is 0 Å². The maximum Gasteiger partial charge on any atom is 0.0834 e. The molecule has 4 heteroatoms. The van der Waals surface area contributed by atoms with Crippen molar-refractivity contribution in [2.24, 2.45) is 11.8 Å². The van der Waals surface area contributed by atoms with Crippen LogP contribution in [0.15, 0.2) is 6.20 Å². The molecule has 0 radical (unpaired) electrons. The van der Waals surface area contributed by atoms with Crippen LogP contribution in [0, 0.1) is 11.8 Å². The quantitative estimate of drug-likeness (QED) is 0.773. The molecule has 2 atom stereocenters. The fourth-order valence-corrected chi connectivity index (χ4v) is 2.55. The van der Waals surface area contributed by atoms with Gasteiger partial charge in [0, 0.05) is 6.54 Å². The molecule has 1 aromatic rings. The van der Waals surface area contributed by atoms with Gasteiger partial charge in [-0.3, -0.25) is 4.68 Å². The van der Waals surface area contributed by atoms with Crippen LogP contribution in [0.25, 0.3) is 0 Å². The Morgan fingerprint density at radius 2 is 1.95 bits per heavy atom. The van der Waals surface area contributed by atoms with Gasteiger partial charge in [0.1, 0.15) is 0 Å². The number of nitrogens with zero attached hydrogens (tertiary/aromatic N) is 2. The lowest BCUT2D eigenvalue weighted by molar-refractivity contribution is 0.289. The molecule has 0 fully saturated rings. The van der Waals surface area contributed by atoms with E-state index in [1.807, 2.05) is 0 Å². The van der Waals surface area contributed by atoms with E-state index in [0.29, 0.717) is 11.8 Å². The summed E-state index contributed by atoms with van der Waals surface area (Å²) in [7, 11) is 0. The van der Waals surface area contributed by atoms with E-state index in [2.05, 4.69) is 49.7 Å². The normalized spacial score (nSPS) is 14.9. The monoisotopic (exact) mass is 285 g/mol. The van der Waals surface area contributed by atoms with Gasteiger partial charge >= 0.3 is 0 Å². The minimum Gasteiger partial charge on any atom is -0.308 e. The maximum atomic E-state index is 6.38. The molecule has 110 valence electrons. The van der Waals surface area contributed by atoms with Crippen molar-refractivity contribution in [1.29, 1.82) is 0 Å². The summed E-state index contributed by atoms with van der Waals surface area (Å²) in [6, 6.07) is 0.279. The highest BCUT2D eigenvalue weighted by Gasteiger charge is 2.26. The van der Waals surface area contributed by atoms with E-state index in [1.165, 1.54) is 0 Å². The van der Waals surface area contributed by atoms with Crippen molar-refractivity contribution >= 4 is 11.6 Å². The van der Waals surface area contributed by atoms with Crippen LogP contribution in [0.3, 0.4) is 0 Å². The zero-order chi connectivity index (χ0) is 14.4. The summed E-state index contributed by atoms with van der Waals surface area (Å²) in [6.07, 6.45) is 3.97. The molecule has 1 rings (SSSR count). The summed E-state index contributed by atoms with van der Waals surface area (Å²) in [4.78, 5) is 0. The van der Waals surface area contributed by atoms with Crippen LogP contribution in [0.2, 0.25) is 5.02 Å². The van der Waals surface area contributed by atoms with E-state index in [9.17, 15) is 0 Å². The van der Waals surface area contributed by atoms with E-state index < -0.39 is 0 Å². The van der Waals surface area contributed by atoms with Crippen molar-refractivity contribution in [3.8, 4) is 0 Å². The summed E-state index contributed by atoms with van der Waals surface area (Å²) in [5.41, 5.74) is 1.15. The van der Waals surface area contributed by atoms with E-state index in [0.717, 1.165) is 36.6 Å². The third-order valence-electron chi connectivity index (χ3n) is 3.75. The molecule has 1 N–H and O–H groups in total. The van der Waals surface area contributed by atoms with Gasteiger partial charge in [0.05, 0.1) is 23.0 Å². The van der Waals surface area contributed by atoms with Crippen LogP contribution in [0.5, 0.6) is 0 Å². The van der Waals surface area contributed by atoms with Crippen molar-refractivity contribution in [3.05, 3.63) is 16.9 Å². The fourth-order valence-electron chi connectivity index (χ4n) is 2.29. The molecule has 0 aromatic carbocycles. The van der Waals surface area contributed by atoms with Crippen LogP contribution in [0.4, 0.5) is 0 Å². The lowest BCUT2D eigenvalue weighted by Crippen LogP contribution is -2.32. The van der Waals surface area contributed by atoms with Crippen LogP contribution in [-0.2, 0) is 6.54 Å². The Labute approximate surface area is 122 Å². The minimum atomic E-state index is 0.279. The average Bonchev–Trinajstić information content (AvgIpc) is 2.72. The van der Waals surface area contributed by atoms with Crippen LogP contribution in [0.1, 0.15) is 59.2 Å². The van der Waals surface area contributed by atoms with E-state index in [1.54, 1.807) is 6.20 Å². The van der Waals surface area contributed by atoms with Crippen molar-refractivity contribution < 1.29 is 0 Å². The number of nitrogens with one attached hydrogen (secondary N) is 1. The molecule has 0 aliphatic carbocycles. The lowest BCUT2D eigenvalue weighted by atomic mass is 9.88. The third-order valence-corrected chi connectivity index (χ3v) is 4.05. The van der Waals surface area contributed by atoms with Gasteiger partial charge in [0.15, 0.2) is 0 Å². The first kappa shape index (κ1) is 16.5. The average molecular weight is 286 g/mol. The number of rotatable bonds is 8. The first-order valence-electron chi connectivity index (χ1n) is 7.47. The molecule has 0 saturated heterocycles. The molecule has 0 spiro atoms. The van der Waals surface area contributed by atoms with Crippen LogP contribution in [-0.4, -0.2) is 16.3 Å². The second-order valence-corrected chi connectivity index (χ2v) is 6.04. The second kappa shape index (κ2) is 7.91. The number of hydrogen-bond acceptors (Lipinski definition) is 2. The number of halogens is 1. The largest absolute Gasteiger partial charge is 0.308 e. The SMILES string of the molecule is CCCNC(c1c(Cl)cnn1CCC)C(C)C(C)C. The molecule has 1 heterocycles. The van der Waals surface area contributed by atoms with Gasteiger partial charge in [-0.25, -0.2) is 0 Å². The molecule has 19 heavy (non-hydrogen) atoms. The smallest absolute Gasteiger partial charge is 0.0834 e. The third kappa shape index (κ3) is 4.22. The van der Waals surface area contributed by atoms with E-state index in [4.69, 9.17) is 11.6 Å². The van der Waals surface area contributed by atoms with E-state index >= 15 is 0 Å². The summed E-state index contributed by atoms with van der Waals surface area (Å²) in [6.45, 7) is 13.1. The molecular formula is C15H28ClN3. The maximum absolute atomic E-state index is 6.38. The molecule has 0 aliphatic heterocycles. The summed E-state index contributed by atoms with van der Waals surface area (Å²) in [5.74, 6) is 1.13. The standard InChI is InChI=1S/C15H28ClN3/c1-6-8-17-14(12(5)11(3)4)15-13(16)10-18-19(15)9-7-2/h10-12,14,17H,6-9H2,1-5H3. The van der Waals surface area contributed by atoms with Crippen molar-refractivity contribution in [2.75, 3.05) is 6.54 Å². The Hall–Kier alpha value is -0.540. The van der Waals surface area contributed by atoms with Gasteiger partial charge < -0.3 is 5.32 Å². The van der Waals surface area contributed by atoms with Crippen molar-refractivity contribution in [2.45, 2.75) is 60.0 Å². The summed E-state index contributed by atoms with van der Waals surface area (Å²) < 4.78 is 2.06. The van der Waals surface area contributed by atoms with Gasteiger partial charge in [-0.2, -0.15) is 5.10 Å². The topological polar surface area (TPSA) is 29.9 Å². The Balaban J connectivity index is 3.05. The minimum absolute atomic E-state index is 0.279. The molecule has 0 aliphatic rings. The molecular weight excluding hydrogens is 258 g/mol. The molecule has 0 amide bonds. The Kier molecular flexibility index (Phi) is 6.87. The van der Waals surface area contributed by atoms with Crippen molar-refractivity contribution in [1.82, 2.24) is 15.1 Å². The van der Waals surface area contributed by atoms with Gasteiger partial charge in [0.25, 0.3) is 0 Å². The first-order chi connectivity index (χ1) is 9.02. The van der Waals surface area contributed by atoms with Crippen LogP contribution < -0.4 is 5.32 Å². The molecule has 2 unspecified atom stereocenters. The van der Waals surface area contributed by atoms with Gasteiger partial charge in [-0.1, -0.05) is 46.2 Å². The predicted molar refractivity (Wildman–Crippen MR) is 82.6 cm³/mol. The van der Waals surface area contributed by atoms with Crippen LogP contribution >= 0.6 is 11.6 Å². The summed E-state index contributed by atoms with van der Waals surface area (Å²) in [5, 5.41) is 8.85. The van der Waals surface area contributed by atoms with Crippen molar-refractivity contribution in [3.63, 3.8) is 0 Å². The fraction of sp³-hybridized carbons (Fsp3) is 0.800. The Morgan fingerprint density at radius 1 is 1.26 bits per heavy atom. The second-order valence-electron chi connectivity index (χ2n) is 5.64. The number of hydrogen-bond donors (Lipinski definition) is 1. The Bertz CT molecular complexity index is 373. The highest BCUT2D eigenvalue weighted by molar-refractivity contribution is 6.31.